The lowest BCUT2D eigenvalue weighted by Gasteiger charge is -2.16. The molecule has 2 aromatic heterocycles. The highest BCUT2D eigenvalue weighted by Crippen LogP contribution is 2.25. The van der Waals surface area contributed by atoms with E-state index in [2.05, 4.69) is 4.98 Å². The largest absolute Gasteiger partial charge is 0.465 e. The molecule has 0 amide bonds. The second kappa shape index (κ2) is 7.95. The molecule has 0 spiro atoms. The summed E-state index contributed by atoms with van der Waals surface area (Å²) in [5, 5.41) is 2.27. The highest BCUT2D eigenvalue weighted by Gasteiger charge is 2.15. The minimum absolute atomic E-state index is 0.0779. The van der Waals surface area contributed by atoms with E-state index >= 15 is 0 Å². The Hall–Kier alpha value is -4.71. The number of H-pyrrole nitrogens is 1. The number of methoxy groups -OCH3 is 1. The maximum Gasteiger partial charge on any atom is 0.337 e. The van der Waals surface area contributed by atoms with Gasteiger partial charge in [0.2, 0.25) is 0 Å². The normalized spacial score (nSPS) is 11.5. The maximum absolute atomic E-state index is 13.5. The van der Waals surface area contributed by atoms with Crippen LogP contribution in [0.4, 0.5) is 0 Å². The molecular formula is C29H20N2O4. The average Bonchev–Trinajstić information content (AvgIpc) is 2.90. The van der Waals surface area contributed by atoms with Crippen molar-refractivity contribution in [2.24, 2.45) is 0 Å². The number of carbonyl (C=O) groups excluding carboxylic acids is 1. The number of aromatic amines is 1. The summed E-state index contributed by atoms with van der Waals surface area (Å²) in [5.41, 5.74) is 4.07. The number of pyridine rings is 2. The van der Waals surface area contributed by atoms with Gasteiger partial charge in [-0.05, 0) is 54.1 Å². The van der Waals surface area contributed by atoms with E-state index in [0.29, 0.717) is 44.7 Å². The van der Waals surface area contributed by atoms with E-state index in [1.54, 1.807) is 24.3 Å². The highest BCUT2D eigenvalue weighted by molar-refractivity contribution is 6.03. The van der Waals surface area contributed by atoms with E-state index in [0.717, 1.165) is 16.6 Å². The molecule has 35 heavy (non-hydrogen) atoms. The minimum Gasteiger partial charge on any atom is -0.465 e. The van der Waals surface area contributed by atoms with E-state index < -0.39 is 5.97 Å². The van der Waals surface area contributed by atoms with Crippen LogP contribution in [-0.2, 0) is 11.3 Å². The average molecular weight is 460 g/mol. The SMILES string of the molecule is COC(=O)c1ccc(Cn2c3ccccc3c(=O)c3cc4[nH]c5ccccc5c(=O)c4cc32)cc1. The second-order valence-electron chi connectivity index (χ2n) is 8.54. The molecule has 0 atom stereocenters. The van der Waals surface area contributed by atoms with Gasteiger partial charge in [-0.2, -0.15) is 0 Å². The third-order valence-corrected chi connectivity index (χ3v) is 6.51. The number of aromatic nitrogens is 2. The number of rotatable bonds is 3. The standard InChI is InChI=1S/C29H20N2O4/c1-35-29(34)18-12-10-17(11-13-18)16-31-25-9-5-3-7-20(25)28(33)22-14-24-21(15-26(22)31)27(32)19-6-2-4-8-23(19)30-24/h2-15H,16H2,1H3,(H,30,32). The molecule has 170 valence electrons. The Morgan fingerprint density at radius 2 is 1.43 bits per heavy atom. The van der Waals surface area contributed by atoms with Crippen LogP contribution in [0, 0.1) is 0 Å². The van der Waals surface area contributed by atoms with Crippen LogP contribution in [0.3, 0.4) is 0 Å². The van der Waals surface area contributed by atoms with Crippen molar-refractivity contribution >= 4 is 49.6 Å². The van der Waals surface area contributed by atoms with Gasteiger partial charge in [0, 0.05) is 33.6 Å². The molecule has 4 aromatic carbocycles. The Morgan fingerprint density at radius 1 is 0.743 bits per heavy atom. The van der Waals surface area contributed by atoms with Gasteiger partial charge in [0.25, 0.3) is 0 Å². The molecule has 6 heteroatoms. The van der Waals surface area contributed by atoms with E-state index in [1.807, 2.05) is 65.2 Å². The molecule has 6 rings (SSSR count). The first-order valence-electron chi connectivity index (χ1n) is 11.2. The first-order valence-corrected chi connectivity index (χ1v) is 11.2. The molecule has 2 heterocycles. The van der Waals surface area contributed by atoms with Crippen LogP contribution >= 0.6 is 0 Å². The van der Waals surface area contributed by atoms with Gasteiger partial charge >= 0.3 is 5.97 Å². The lowest BCUT2D eigenvalue weighted by atomic mass is 10.0. The summed E-state index contributed by atoms with van der Waals surface area (Å²) >= 11 is 0. The number of nitrogens with zero attached hydrogens (tertiary/aromatic N) is 1. The molecule has 0 bridgehead atoms. The van der Waals surface area contributed by atoms with Crippen LogP contribution in [0.2, 0.25) is 0 Å². The molecule has 0 aliphatic rings. The van der Waals surface area contributed by atoms with Gasteiger partial charge < -0.3 is 14.3 Å². The molecule has 6 nitrogen and oxygen atoms in total. The number of hydrogen-bond acceptors (Lipinski definition) is 4. The molecule has 0 aliphatic carbocycles. The van der Waals surface area contributed by atoms with Gasteiger partial charge in [-0.15, -0.1) is 0 Å². The highest BCUT2D eigenvalue weighted by atomic mass is 16.5. The topological polar surface area (TPSA) is 81.2 Å². The Bertz CT molecular complexity index is 1910. The third-order valence-electron chi connectivity index (χ3n) is 6.51. The number of nitrogens with one attached hydrogen (secondary N) is 1. The number of benzene rings is 4. The van der Waals surface area contributed by atoms with Crippen molar-refractivity contribution < 1.29 is 9.53 Å². The summed E-state index contributed by atoms with van der Waals surface area (Å²) in [7, 11) is 1.35. The summed E-state index contributed by atoms with van der Waals surface area (Å²) in [4.78, 5) is 42.0. The molecular weight excluding hydrogens is 440 g/mol. The van der Waals surface area contributed by atoms with Crippen molar-refractivity contribution in [1.29, 1.82) is 0 Å². The second-order valence-corrected chi connectivity index (χ2v) is 8.54. The van der Waals surface area contributed by atoms with Gasteiger partial charge in [-0.25, -0.2) is 4.79 Å². The number of para-hydroxylation sites is 2. The van der Waals surface area contributed by atoms with E-state index in [9.17, 15) is 14.4 Å². The number of esters is 1. The van der Waals surface area contributed by atoms with Crippen molar-refractivity contribution in [3.8, 4) is 0 Å². The number of ether oxygens (including phenoxy) is 1. The minimum atomic E-state index is -0.395. The Morgan fingerprint density at radius 3 is 2.20 bits per heavy atom. The van der Waals surface area contributed by atoms with Gasteiger partial charge in [-0.3, -0.25) is 9.59 Å². The smallest absolute Gasteiger partial charge is 0.337 e. The van der Waals surface area contributed by atoms with Crippen LogP contribution in [0.1, 0.15) is 15.9 Å². The van der Waals surface area contributed by atoms with E-state index in [1.165, 1.54) is 7.11 Å². The fourth-order valence-electron chi connectivity index (χ4n) is 4.76. The fourth-order valence-corrected chi connectivity index (χ4v) is 4.76. The Kier molecular flexibility index (Phi) is 4.74. The predicted molar refractivity (Wildman–Crippen MR) is 138 cm³/mol. The van der Waals surface area contributed by atoms with Crippen molar-refractivity contribution in [3.05, 3.63) is 117 Å². The predicted octanol–water partition coefficient (Wildman–Crippen LogP) is 4.98. The molecule has 0 aliphatic heterocycles. The van der Waals surface area contributed by atoms with Gasteiger partial charge in [0.1, 0.15) is 0 Å². The van der Waals surface area contributed by atoms with Crippen LogP contribution in [-0.4, -0.2) is 22.6 Å². The first kappa shape index (κ1) is 20.9. The number of carbonyl (C=O) groups is 1. The van der Waals surface area contributed by atoms with Gasteiger partial charge in [-0.1, -0.05) is 36.4 Å². The maximum atomic E-state index is 13.5. The van der Waals surface area contributed by atoms with Crippen molar-refractivity contribution in [2.45, 2.75) is 6.54 Å². The zero-order chi connectivity index (χ0) is 24.1. The quantitative estimate of drug-likeness (QED) is 0.298. The van der Waals surface area contributed by atoms with Gasteiger partial charge in [0.15, 0.2) is 10.9 Å². The summed E-state index contributed by atoms with van der Waals surface area (Å²) in [6, 6.07) is 25.6. The fraction of sp³-hybridized carbons (Fsp3) is 0.0690. The molecule has 1 N–H and O–H groups in total. The van der Waals surface area contributed by atoms with Crippen LogP contribution in [0.5, 0.6) is 0 Å². The summed E-state index contributed by atoms with van der Waals surface area (Å²) < 4.78 is 6.84. The van der Waals surface area contributed by atoms with Crippen LogP contribution < -0.4 is 10.9 Å². The molecule has 0 fully saturated rings. The van der Waals surface area contributed by atoms with E-state index in [-0.39, 0.29) is 10.9 Å². The first-order chi connectivity index (χ1) is 17.0. The summed E-state index contributed by atoms with van der Waals surface area (Å²) in [6.07, 6.45) is 0. The summed E-state index contributed by atoms with van der Waals surface area (Å²) in [5.74, 6) is -0.395. The van der Waals surface area contributed by atoms with Crippen molar-refractivity contribution in [2.75, 3.05) is 7.11 Å². The third kappa shape index (κ3) is 3.30. The zero-order valence-corrected chi connectivity index (χ0v) is 18.9. The molecule has 0 unspecified atom stereocenters. The summed E-state index contributed by atoms with van der Waals surface area (Å²) in [6.45, 7) is 0.454. The monoisotopic (exact) mass is 460 g/mol. The van der Waals surface area contributed by atoms with Crippen LogP contribution in [0.25, 0.3) is 43.6 Å². The molecule has 0 saturated carbocycles. The van der Waals surface area contributed by atoms with E-state index in [4.69, 9.17) is 4.74 Å². The lowest BCUT2D eigenvalue weighted by Crippen LogP contribution is -2.14. The zero-order valence-electron chi connectivity index (χ0n) is 18.9. The molecule has 6 aromatic rings. The Balaban J connectivity index is 1.66. The van der Waals surface area contributed by atoms with Gasteiger partial charge in [0.05, 0.1) is 29.2 Å². The van der Waals surface area contributed by atoms with Crippen molar-refractivity contribution in [1.82, 2.24) is 9.55 Å². The van der Waals surface area contributed by atoms with Crippen LogP contribution in [0.15, 0.2) is 94.5 Å². The van der Waals surface area contributed by atoms with Crippen molar-refractivity contribution in [3.63, 3.8) is 0 Å². The number of hydrogen-bond donors (Lipinski definition) is 1. The molecule has 0 saturated heterocycles. The number of fused-ring (bicyclic) bond motifs is 4. The molecule has 0 radical (unpaired) electrons. The lowest BCUT2D eigenvalue weighted by molar-refractivity contribution is 0.0600. The Labute approximate surface area is 199 Å².